The van der Waals surface area contributed by atoms with Crippen LogP contribution in [0.15, 0.2) is 51.7 Å². The number of carbonyl (C=O) groups is 4. The van der Waals surface area contributed by atoms with Gasteiger partial charge in [-0.3, -0.25) is 28.6 Å². The van der Waals surface area contributed by atoms with Crippen LogP contribution in [0.5, 0.6) is 0 Å². The molecule has 0 unspecified atom stereocenters. The Morgan fingerprint density at radius 3 is 2.58 bits per heavy atom. The summed E-state index contributed by atoms with van der Waals surface area (Å²) < 4.78 is 11.4. The van der Waals surface area contributed by atoms with Crippen LogP contribution in [-0.4, -0.2) is 46.8 Å². The number of nitrogens with zero attached hydrogens (tertiary/aromatic N) is 2. The lowest BCUT2D eigenvalue weighted by Crippen LogP contribution is -2.24. The lowest BCUT2D eigenvalue weighted by Gasteiger charge is -2.08. The number of hydrogen-bond acceptors (Lipinski definition) is 7. The summed E-state index contributed by atoms with van der Waals surface area (Å²) in [7, 11) is 1.38. The molecule has 0 spiro atoms. The van der Waals surface area contributed by atoms with Gasteiger partial charge in [0, 0.05) is 19.3 Å². The summed E-state index contributed by atoms with van der Waals surface area (Å²) in [5.74, 6) is -2.71. The number of fused-ring (bicyclic) bond motifs is 2. The zero-order chi connectivity index (χ0) is 22.1. The van der Waals surface area contributed by atoms with Gasteiger partial charge in [-0.25, -0.2) is 4.79 Å². The molecule has 3 aromatic rings. The van der Waals surface area contributed by atoms with Gasteiger partial charge < -0.3 is 14.5 Å². The Morgan fingerprint density at radius 1 is 1.03 bits per heavy atom. The maximum atomic E-state index is 12.1. The zero-order valence-corrected chi connectivity index (χ0v) is 16.4. The van der Waals surface area contributed by atoms with Crippen LogP contribution in [-0.2, 0) is 20.9 Å². The summed E-state index contributed by atoms with van der Waals surface area (Å²) in [6.45, 7) is -0.492. The van der Waals surface area contributed by atoms with Crippen molar-refractivity contribution in [1.82, 2.24) is 9.47 Å². The predicted octanol–water partition coefficient (Wildman–Crippen LogP) is 1.39. The highest BCUT2D eigenvalue weighted by atomic mass is 16.5. The normalized spacial score (nSPS) is 12.9. The minimum Gasteiger partial charge on any atom is -0.456 e. The van der Waals surface area contributed by atoms with E-state index >= 15 is 0 Å². The Morgan fingerprint density at radius 2 is 1.77 bits per heavy atom. The van der Waals surface area contributed by atoms with Crippen LogP contribution in [0.4, 0.5) is 5.69 Å². The second-order valence-electron chi connectivity index (χ2n) is 6.88. The van der Waals surface area contributed by atoms with Crippen molar-refractivity contribution in [2.75, 3.05) is 19.0 Å². The second kappa shape index (κ2) is 7.90. The van der Waals surface area contributed by atoms with Crippen molar-refractivity contribution >= 4 is 40.5 Å². The first-order chi connectivity index (χ1) is 14.8. The number of ether oxygens (including phenoxy) is 1. The standard InChI is InChI=1S/C21H17N3O7/c1-23-19(27)13-7-6-12(10-14(13)20(23)28)22-17(25)11-30-18(26)8-9-24-15-4-2-3-5-16(15)31-21(24)29/h2-7,10H,8-9,11H2,1H3,(H,22,25). The van der Waals surface area contributed by atoms with Crippen molar-refractivity contribution in [1.29, 1.82) is 0 Å². The Balaban J connectivity index is 1.31. The molecule has 0 saturated carbocycles. The number of nitrogens with one attached hydrogen (secondary N) is 1. The molecule has 158 valence electrons. The van der Waals surface area contributed by atoms with Gasteiger partial charge in [0.05, 0.1) is 23.1 Å². The van der Waals surface area contributed by atoms with Gasteiger partial charge in [-0.1, -0.05) is 12.1 Å². The van der Waals surface area contributed by atoms with Crippen LogP contribution in [0, 0.1) is 0 Å². The molecule has 1 aliphatic rings. The van der Waals surface area contributed by atoms with E-state index in [0.717, 1.165) is 4.90 Å². The number of anilines is 1. The summed E-state index contributed by atoms with van der Waals surface area (Å²) in [5.41, 5.74) is 1.74. The highest BCUT2D eigenvalue weighted by Gasteiger charge is 2.32. The largest absolute Gasteiger partial charge is 0.456 e. The van der Waals surface area contributed by atoms with Gasteiger partial charge in [0.1, 0.15) is 0 Å². The number of esters is 1. The molecule has 0 saturated heterocycles. The summed E-state index contributed by atoms with van der Waals surface area (Å²) >= 11 is 0. The molecule has 1 N–H and O–H groups in total. The van der Waals surface area contributed by atoms with E-state index in [1.807, 2.05) is 0 Å². The first kappa shape index (κ1) is 20.1. The van der Waals surface area contributed by atoms with Crippen LogP contribution in [0.25, 0.3) is 11.1 Å². The highest BCUT2D eigenvalue weighted by molar-refractivity contribution is 6.21. The van der Waals surface area contributed by atoms with E-state index in [1.54, 1.807) is 24.3 Å². The predicted molar refractivity (Wildman–Crippen MR) is 108 cm³/mol. The highest BCUT2D eigenvalue weighted by Crippen LogP contribution is 2.24. The second-order valence-corrected chi connectivity index (χ2v) is 6.88. The van der Waals surface area contributed by atoms with Crippen molar-refractivity contribution in [2.45, 2.75) is 13.0 Å². The molecule has 0 atom stereocenters. The minimum absolute atomic E-state index is 0.0464. The molecule has 1 aromatic heterocycles. The van der Waals surface area contributed by atoms with Crippen LogP contribution in [0.2, 0.25) is 0 Å². The van der Waals surface area contributed by atoms with E-state index in [-0.39, 0.29) is 24.1 Å². The zero-order valence-electron chi connectivity index (χ0n) is 16.4. The van der Waals surface area contributed by atoms with Crippen molar-refractivity contribution in [3.05, 3.63) is 64.1 Å². The van der Waals surface area contributed by atoms with Gasteiger partial charge in [-0.05, 0) is 30.3 Å². The SMILES string of the molecule is CN1C(=O)c2ccc(NC(=O)COC(=O)CCn3c(=O)oc4ccccc43)cc2C1=O. The maximum Gasteiger partial charge on any atom is 0.419 e. The van der Waals surface area contributed by atoms with Crippen LogP contribution < -0.4 is 11.1 Å². The molecule has 4 rings (SSSR count). The summed E-state index contributed by atoms with van der Waals surface area (Å²) in [4.78, 5) is 60.9. The van der Waals surface area contributed by atoms with Crippen LogP contribution in [0.3, 0.4) is 0 Å². The summed E-state index contributed by atoms with van der Waals surface area (Å²) in [6, 6.07) is 11.2. The van der Waals surface area contributed by atoms with E-state index in [1.165, 1.54) is 29.8 Å². The van der Waals surface area contributed by atoms with E-state index in [0.29, 0.717) is 16.8 Å². The topological polar surface area (TPSA) is 128 Å². The minimum atomic E-state index is -0.663. The summed E-state index contributed by atoms with van der Waals surface area (Å²) in [6.07, 6.45) is -0.126. The number of carbonyl (C=O) groups excluding carboxylic acids is 4. The van der Waals surface area contributed by atoms with Crippen molar-refractivity contribution in [3.63, 3.8) is 0 Å². The van der Waals surface area contributed by atoms with Gasteiger partial charge in [0.2, 0.25) is 0 Å². The number of benzene rings is 2. The number of imide groups is 1. The van der Waals surface area contributed by atoms with Gasteiger partial charge in [0.15, 0.2) is 12.2 Å². The monoisotopic (exact) mass is 423 g/mol. The number of aryl methyl sites for hydroxylation is 1. The van der Waals surface area contributed by atoms with Crippen LogP contribution >= 0.6 is 0 Å². The number of rotatable bonds is 6. The Labute approximate surface area is 175 Å². The fourth-order valence-electron chi connectivity index (χ4n) is 3.28. The number of aromatic nitrogens is 1. The third kappa shape index (κ3) is 3.82. The fourth-order valence-corrected chi connectivity index (χ4v) is 3.28. The molecule has 3 amide bonds. The van der Waals surface area contributed by atoms with E-state index in [9.17, 15) is 24.0 Å². The van der Waals surface area contributed by atoms with Gasteiger partial charge in [0.25, 0.3) is 17.7 Å². The number of amides is 3. The smallest absolute Gasteiger partial charge is 0.419 e. The molecular formula is C21H17N3O7. The van der Waals surface area contributed by atoms with E-state index in [4.69, 9.17) is 9.15 Å². The fraction of sp³-hybridized carbons (Fsp3) is 0.190. The molecule has 0 bridgehead atoms. The van der Waals surface area contributed by atoms with Crippen molar-refractivity contribution < 1.29 is 28.3 Å². The first-order valence-electron chi connectivity index (χ1n) is 9.35. The lowest BCUT2D eigenvalue weighted by molar-refractivity contribution is -0.147. The molecule has 2 heterocycles. The lowest BCUT2D eigenvalue weighted by atomic mass is 10.1. The van der Waals surface area contributed by atoms with E-state index in [2.05, 4.69) is 5.32 Å². The molecule has 10 nitrogen and oxygen atoms in total. The Bertz CT molecular complexity index is 1290. The Kier molecular flexibility index (Phi) is 5.12. The molecular weight excluding hydrogens is 406 g/mol. The molecule has 31 heavy (non-hydrogen) atoms. The first-order valence-corrected chi connectivity index (χ1v) is 9.35. The quantitative estimate of drug-likeness (QED) is 0.469. The molecule has 0 aliphatic carbocycles. The van der Waals surface area contributed by atoms with E-state index < -0.39 is 36.1 Å². The molecule has 2 aromatic carbocycles. The third-order valence-electron chi connectivity index (χ3n) is 4.85. The number of oxazole rings is 1. The average Bonchev–Trinajstić information content (AvgIpc) is 3.19. The molecule has 0 radical (unpaired) electrons. The number of hydrogen-bond donors (Lipinski definition) is 1. The van der Waals surface area contributed by atoms with Crippen molar-refractivity contribution in [2.24, 2.45) is 0 Å². The maximum absolute atomic E-state index is 12.1. The molecule has 1 aliphatic heterocycles. The molecule has 10 heteroatoms. The van der Waals surface area contributed by atoms with Gasteiger partial charge in [-0.2, -0.15) is 0 Å². The Hall–Kier alpha value is -4.21. The van der Waals surface area contributed by atoms with Gasteiger partial charge in [-0.15, -0.1) is 0 Å². The van der Waals surface area contributed by atoms with Gasteiger partial charge >= 0.3 is 11.7 Å². The van der Waals surface area contributed by atoms with Crippen LogP contribution in [0.1, 0.15) is 27.1 Å². The third-order valence-corrected chi connectivity index (χ3v) is 4.85. The number of para-hydroxylation sites is 2. The molecule has 0 fully saturated rings. The van der Waals surface area contributed by atoms with Crippen molar-refractivity contribution in [3.8, 4) is 0 Å². The average molecular weight is 423 g/mol. The summed E-state index contributed by atoms with van der Waals surface area (Å²) in [5, 5.41) is 2.51.